The summed E-state index contributed by atoms with van der Waals surface area (Å²) in [6.45, 7) is 1.52. The molecule has 0 spiro atoms. The van der Waals surface area contributed by atoms with Crippen molar-refractivity contribution in [3.8, 4) is 11.5 Å². The lowest BCUT2D eigenvalue weighted by molar-refractivity contribution is -0.117. The predicted octanol–water partition coefficient (Wildman–Crippen LogP) is 2.80. The second-order valence-corrected chi connectivity index (χ2v) is 8.22. The average molecular weight is 454 g/mol. The fourth-order valence-corrected chi connectivity index (χ4v) is 4.45. The van der Waals surface area contributed by atoms with Gasteiger partial charge in [0, 0.05) is 36.7 Å². The Kier molecular flexibility index (Phi) is 6.62. The smallest absolute Gasteiger partial charge is 0.276 e. The number of aromatic nitrogens is 2. The fourth-order valence-electron chi connectivity index (χ4n) is 3.40. The van der Waals surface area contributed by atoms with Crippen molar-refractivity contribution in [2.24, 2.45) is 0 Å². The lowest BCUT2D eigenvalue weighted by atomic mass is 10.2. The molecule has 3 heterocycles. The number of thiazole rings is 1. The number of nitrogens with zero attached hydrogens (tertiary/aromatic N) is 3. The topological polar surface area (TPSA) is 106 Å². The van der Waals surface area contributed by atoms with Crippen molar-refractivity contribution in [1.29, 1.82) is 0 Å². The molecule has 0 bridgehead atoms. The molecule has 1 aromatic carbocycles. The van der Waals surface area contributed by atoms with Gasteiger partial charge in [-0.3, -0.25) is 24.8 Å². The maximum absolute atomic E-state index is 12.6. The Balaban J connectivity index is 1.36. The van der Waals surface area contributed by atoms with Crippen LogP contribution in [-0.2, 0) is 17.8 Å². The third kappa shape index (κ3) is 5.04. The number of pyridine rings is 1. The molecule has 0 saturated carbocycles. The summed E-state index contributed by atoms with van der Waals surface area (Å²) in [4.78, 5) is 36.6. The third-order valence-electron chi connectivity index (χ3n) is 4.98. The summed E-state index contributed by atoms with van der Waals surface area (Å²) in [5, 5.41) is 6.24. The maximum Gasteiger partial charge on any atom is 0.276 e. The number of benzene rings is 1. The molecule has 166 valence electrons. The zero-order chi connectivity index (χ0) is 22.5. The lowest BCUT2D eigenvalue weighted by Gasteiger charge is -2.25. The molecule has 10 heteroatoms. The molecule has 0 unspecified atom stereocenters. The van der Waals surface area contributed by atoms with Crippen LogP contribution in [0.2, 0.25) is 0 Å². The number of rotatable bonds is 7. The van der Waals surface area contributed by atoms with Crippen molar-refractivity contribution in [2.45, 2.75) is 13.0 Å². The molecule has 0 fully saturated rings. The van der Waals surface area contributed by atoms with Gasteiger partial charge in [0.1, 0.15) is 17.2 Å². The van der Waals surface area contributed by atoms with E-state index in [-0.39, 0.29) is 18.4 Å². The lowest BCUT2D eigenvalue weighted by Crippen LogP contribution is -2.36. The Hall–Kier alpha value is -3.50. The molecule has 32 heavy (non-hydrogen) atoms. The van der Waals surface area contributed by atoms with Crippen LogP contribution < -0.4 is 20.1 Å². The number of fused-ring (bicyclic) bond motifs is 1. The number of hydrogen-bond acceptors (Lipinski definition) is 8. The van der Waals surface area contributed by atoms with Crippen molar-refractivity contribution in [3.05, 3.63) is 58.9 Å². The van der Waals surface area contributed by atoms with E-state index in [1.54, 1.807) is 56.8 Å². The first kappa shape index (κ1) is 21.7. The largest absolute Gasteiger partial charge is 0.497 e. The second-order valence-electron chi connectivity index (χ2n) is 7.13. The molecular formula is C22H23N5O4S. The van der Waals surface area contributed by atoms with E-state index in [9.17, 15) is 9.59 Å². The van der Waals surface area contributed by atoms with E-state index in [0.29, 0.717) is 47.5 Å². The van der Waals surface area contributed by atoms with Crippen molar-refractivity contribution in [1.82, 2.24) is 14.9 Å². The van der Waals surface area contributed by atoms with Gasteiger partial charge < -0.3 is 14.8 Å². The van der Waals surface area contributed by atoms with E-state index in [1.807, 2.05) is 4.90 Å². The summed E-state index contributed by atoms with van der Waals surface area (Å²) in [5.74, 6) is 0.762. The highest BCUT2D eigenvalue weighted by atomic mass is 32.1. The highest BCUT2D eigenvalue weighted by molar-refractivity contribution is 7.15. The summed E-state index contributed by atoms with van der Waals surface area (Å²) in [7, 11) is 3.12. The van der Waals surface area contributed by atoms with Gasteiger partial charge in [0.2, 0.25) is 5.91 Å². The third-order valence-corrected chi connectivity index (χ3v) is 5.97. The first-order valence-electron chi connectivity index (χ1n) is 10.0. The molecule has 2 N–H and O–H groups in total. The minimum absolute atomic E-state index is 0.145. The second kappa shape index (κ2) is 9.75. The quantitative estimate of drug-likeness (QED) is 0.567. The van der Waals surface area contributed by atoms with Crippen LogP contribution in [0.5, 0.6) is 11.5 Å². The molecule has 0 aliphatic carbocycles. The van der Waals surface area contributed by atoms with Gasteiger partial charge in [-0.2, -0.15) is 0 Å². The molecule has 1 aliphatic heterocycles. The zero-order valence-electron chi connectivity index (χ0n) is 17.8. The van der Waals surface area contributed by atoms with Gasteiger partial charge >= 0.3 is 0 Å². The van der Waals surface area contributed by atoms with Crippen LogP contribution in [0.25, 0.3) is 0 Å². The molecule has 0 saturated heterocycles. The highest BCUT2D eigenvalue weighted by Crippen LogP contribution is 2.30. The first-order chi connectivity index (χ1) is 15.6. The molecule has 0 radical (unpaired) electrons. The molecule has 0 atom stereocenters. The minimum atomic E-state index is -0.292. The van der Waals surface area contributed by atoms with Crippen LogP contribution >= 0.6 is 11.3 Å². The summed E-state index contributed by atoms with van der Waals surface area (Å²) in [5.41, 5.74) is 1.86. The molecular weight excluding hydrogens is 430 g/mol. The van der Waals surface area contributed by atoms with E-state index < -0.39 is 0 Å². The minimum Gasteiger partial charge on any atom is -0.497 e. The first-order valence-corrected chi connectivity index (χ1v) is 10.8. The van der Waals surface area contributed by atoms with E-state index in [1.165, 1.54) is 11.3 Å². The number of anilines is 2. The number of ether oxygens (including phenoxy) is 2. The van der Waals surface area contributed by atoms with Crippen LogP contribution in [-0.4, -0.2) is 54.0 Å². The van der Waals surface area contributed by atoms with Crippen molar-refractivity contribution < 1.29 is 19.1 Å². The Morgan fingerprint density at radius 1 is 1.16 bits per heavy atom. The van der Waals surface area contributed by atoms with Gasteiger partial charge in [-0.05, 0) is 24.3 Å². The van der Waals surface area contributed by atoms with Crippen LogP contribution in [0.3, 0.4) is 0 Å². The van der Waals surface area contributed by atoms with E-state index >= 15 is 0 Å². The Morgan fingerprint density at radius 2 is 2.03 bits per heavy atom. The van der Waals surface area contributed by atoms with Crippen LogP contribution in [0.15, 0.2) is 42.6 Å². The Morgan fingerprint density at radius 3 is 2.78 bits per heavy atom. The number of carbonyl (C=O) groups is 2. The van der Waals surface area contributed by atoms with Crippen LogP contribution in [0.4, 0.5) is 10.8 Å². The molecule has 4 rings (SSSR count). The summed E-state index contributed by atoms with van der Waals surface area (Å²) in [6, 6.07) is 10.4. The number of methoxy groups -OCH3 is 2. The van der Waals surface area contributed by atoms with Gasteiger partial charge in [-0.25, -0.2) is 4.98 Å². The van der Waals surface area contributed by atoms with Gasteiger partial charge in [0.05, 0.1) is 32.1 Å². The Labute approximate surface area is 189 Å². The van der Waals surface area contributed by atoms with Crippen LogP contribution in [0.1, 0.15) is 21.1 Å². The number of carbonyl (C=O) groups excluding carboxylic acids is 2. The van der Waals surface area contributed by atoms with Crippen LogP contribution in [0, 0.1) is 0 Å². The monoisotopic (exact) mass is 453 g/mol. The summed E-state index contributed by atoms with van der Waals surface area (Å²) >= 11 is 1.42. The molecule has 3 aromatic rings. The molecule has 2 amide bonds. The average Bonchev–Trinajstić information content (AvgIpc) is 3.21. The standard InChI is InChI=1S/C22H23N5O4S/c1-30-14-6-7-18(31-2)17(11-14)24-20(28)13-27-10-8-15-19(12-27)32-22(25-15)26-21(29)16-5-3-4-9-23-16/h3-7,9,11H,8,10,12-13H2,1-2H3,(H,24,28)(H,25,26,29). The fraction of sp³-hybridized carbons (Fsp3) is 0.273. The van der Waals surface area contributed by atoms with Gasteiger partial charge in [0.25, 0.3) is 5.91 Å². The maximum atomic E-state index is 12.6. The molecule has 9 nitrogen and oxygen atoms in total. The van der Waals surface area contributed by atoms with Gasteiger partial charge in [0.15, 0.2) is 5.13 Å². The molecule has 2 aromatic heterocycles. The summed E-state index contributed by atoms with van der Waals surface area (Å²) < 4.78 is 10.5. The van der Waals surface area contributed by atoms with Crippen molar-refractivity contribution in [3.63, 3.8) is 0 Å². The van der Waals surface area contributed by atoms with Gasteiger partial charge in [-0.1, -0.05) is 6.07 Å². The van der Waals surface area contributed by atoms with Gasteiger partial charge in [-0.15, -0.1) is 11.3 Å². The van der Waals surface area contributed by atoms with E-state index in [2.05, 4.69) is 20.6 Å². The normalized spacial score (nSPS) is 13.2. The number of nitrogens with one attached hydrogen (secondary N) is 2. The number of amides is 2. The highest BCUT2D eigenvalue weighted by Gasteiger charge is 2.23. The number of hydrogen-bond donors (Lipinski definition) is 2. The van der Waals surface area contributed by atoms with Crippen molar-refractivity contribution >= 4 is 34.0 Å². The zero-order valence-corrected chi connectivity index (χ0v) is 18.6. The van der Waals surface area contributed by atoms with E-state index in [0.717, 1.165) is 10.6 Å². The predicted molar refractivity (Wildman–Crippen MR) is 121 cm³/mol. The SMILES string of the molecule is COc1ccc(OC)c(NC(=O)CN2CCc3nc(NC(=O)c4ccccn4)sc3C2)c1. The molecule has 1 aliphatic rings. The van der Waals surface area contributed by atoms with Crippen molar-refractivity contribution in [2.75, 3.05) is 37.9 Å². The van der Waals surface area contributed by atoms with E-state index in [4.69, 9.17) is 9.47 Å². The Bertz CT molecular complexity index is 1120. The summed E-state index contributed by atoms with van der Waals surface area (Å²) in [6.07, 6.45) is 2.28.